The Labute approximate surface area is 121 Å². The molecule has 1 aromatic carbocycles. The standard InChI is InChI=1S/C15H24N2OS/c19-13-12-18-11-10-16-6-8-17(9-7-16)14-15-4-2-1-3-5-15/h1-5,19H,6-14H2. The van der Waals surface area contributed by atoms with Gasteiger partial charge in [-0.3, -0.25) is 9.80 Å². The van der Waals surface area contributed by atoms with E-state index in [0.29, 0.717) is 0 Å². The van der Waals surface area contributed by atoms with Crippen LogP contribution in [-0.4, -0.2) is 61.5 Å². The number of ether oxygens (including phenoxy) is 1. The van der Waals surface area contributed by atoms with E-state index in [4.69, 9.17) is 4.74 Å². The Morgan fingerprint density at radius 2 is 1.63 bits per heavy atom. The first kappa shape index (κ1) is 14.9. The van der Waals surface area contributed by atoms with Crippen LogP contribution >= 0.6 is 12.6 Å². The molecule has 0 unspecified atom stereocenters. The first-order valence-electron chi connectivity index (χ1n) is 7.06. The summed E-state index contributed by atoms with van der Waals surface area (Å²) in [4.78, 5) is 5.01. The van der Waals surface area contributed by atoms with E-state index in [-0.39, 0.29) is 0 Å². The Morgan fingerprint density at radius 3 is 2.32 bits per heavy atom. The number of hydrogen-bond acceptors (Lipinski definition) is 4. The molecule has 0 bridgehead atoms. The van der Waals surface area contributed by atoms with E-state index in [1.165, 1.54) is 5.56 Å². The zero-order chi connectivity index (χ0) is 13.3. The van der Waals surface area contributed by atoms with Gasteiger partial charge in [-0.05, 0) is 5.56 Å². The second-order valence-corrected chi connectivity index (χ2v) is 5.39. The number of rotatable bonds is 7. The minimum absolute atomic E-state index is 0.761. The maximum absolute atomic E-state index is 5.48. The van der Waals surface area contributed by atoms with Crippen LogP contribution in [0.1, 0.15) is 5.56 Å². The fourth-order valence-corrected chi connectivity index (χ4v) is 2.50. The van der Waals surface area contributed by atoms with Crippen LogP contribution in [0.5, 0.6) is 0 Å². The van der Waals surface area contributed by atoms with Crippen molar-refractivity contribution >= 4 is 12.6 Å². The minimum Gasteiger partial charge on any atom is -0.379 e. The fraction of sp³-hybridized carbons (Fsp3) is 0.600. The highest BCUT2D eigenvalue weighted by atomic mass is 32.1. The van der Waals surface area contributed by atoms with E-state index < -0.39 is 0 Å². The SMILES string of the molecule is SCCOCCN1CCN(Cc2ccccc2)CC1. The van der Waals surface area contributed by atoms with Crippen molar-refractivity contribution in [3.63, 3.8) is 0 Å². The molecule has 1 aliphatic rings. The summed E-state index contributed by atoms with van der Waals surface area (Å²) >= 11 is 4.13. The lowest BCUT2D eigenvalue weighted by molar-refractivity contribution is 0.0796. The summed E-state index contributed by atoms with van der Waals surface area (Å²) < 4.78 is 5.48. The highest BCUT2D eigenvalue weighted by Crippen LogP contribution is 2.08. The van der Waals surface area contributed by atoms with Gasteiger partial charge >= 0.3 is 0 Å². The summed E-state index contributed by atoms with van der Waals surface area (Å²) in [6.07, 6.45) is 0. The van der Waals surface area contributed by atoms with Crippen LogP contribution in [-0.2, 0) is 11.3 Å². The summed E-state index contributed by atoms with van der Waals surface area (Å²) in [5, 5.41) is 0. The molecule has 19 heavy (non-hydrogen) atoms. The lowest BCUT2D eigenvalue weighted by atomic mass is 10.2. The van der Waals surface area contributed by atoms with Crippen molar-refractivity contribution < 1.29 is 4.74 Å². The smallest absolute Gasteiger partial charge is 0.0593 e. The first-order chi connectivity index (χ1) is 9.38. The summed E-state index contributed by atoms with van der Waals surface area (Å²) in [5.41, 5.74) is 1.41. The minimum atomic E-state index is 0.761. The molecule has 1 aromatic rings. The number of nitrogens with zero attached hydrogens (tertiary/aromatic N) is 2. The number of benzene rings is 1. The van der Waals surface area contributed by atoms with Crippen LogP contribution in [0, 0.1) is 0 Å². The molecule has 106 valence electrons. The van der Waals surface area contributed by atoms with E-state index >= 15 is 0 Å². The molecular formula is C15H24N2OS. The third-order valence-corrected chi connectivity index (χ3v) is 3.68. The summed E-state index contributed by atoms with van der Waals surface area (Å²) in [6.45, 7) is 8.32. The highest BCUT2D eigenvalue weighted by molar-refractivity contribution is 7.80. The van der Waals surface area contributed by atoms with E-state index in [0.717, 1.165) is 58.2 Å². The average Bonchev–Trinajstić information content (AvgIpc) is 2.46. The molecule has 2 rings (SSSR count). The number of piperazine rings is 1. The zero-order valence-electron chi connectivity index (χ0n) is 11.5. The van der Waals surface area contributed by atoms with Crippen LogP contribution < -0.4 is 0 Å². The van der Waals surface area contributed by atoms with Crippen molar-refractivity contribution in [2.24, 2.45) is 0 Å². The van der Waals surface area contributed by atoms with Crippen molar-refractivity contribution in [1.29, 1.82) is 0 Å². The second kappa shape index (κ2) is 8.59. The first-order valence-corrected chi connectivity index (χ1v) is 7.69. The molecule has 0 atom stereocenters. The Bertz CT molecular complexity index is 339. The summed E-state index contributed by atoms with van der Waals surface area (Å²) in [7, 11) is 0. The molecule has 0 saturated carbocycles. The van der Waals surface area contributed by atoms with Crippen molar-refractivity contribution in [2.45, 2.75) is 6.54 Å². The van der Waals surface area contributed by atoms with Crippen molar-refractivity contribution in [3.8, 4) is 0 Å². The van der Waals surface area contributed by atoms with Gasteiger partial charge in [-0.2, -0.15) is 12.6 Å². The van der Waals surface area contributed by atoms with Crippen LogP contribution in [0.25, 0.3) is 0 Å². The molecular weight excluding hydrogens is 256 g/mol. The second-order valence-electron chi connectivity index (χ2n) is 4.94. The fourth-order valence-electron chi connectivity index (χ4n) is 2.37. The molecule has 0 radical (unpaired) electrons. The topological polar surface area (TPSA) is 15.7 Å². The third kappa shape index (κ3) is 5.53. The quantitative estimate of drug-likeness (QED) is 0.605. The summed E-state index contributed by atoms with van der Waals surface area (Å²) in [5.74, 6) is 0.810. The van der Waals surface area contributed by atoms with Crippen LogP contribution in [0.4, 0.5) is 0 Å². The molecule has 0 aliphatic carbocycles. The molecule has 0 N–H and O–H groups in total. The Balaban J connectivity index is 1.62. The van der Waals surface area contributed by atoms with E-state index in [1.54, 1.807) is 0 Å². The number of hydrogen-bond donors (Lipinski definition) is 1. The Hall–Kier alpha value is -0.550. The molecule has 1 heterocycles. The molecule has 0 aromatic heterocycles. The number of thiol groups is 1. The maximum Gasteiger partial charge on any atom is 0.0593 e. The molecule has 1 fully saturated rings. The monoisotopic (exact) mass is 280 g/mol. The molecule has 1 saturated heterocycles. The summed E-state index contributed by atoms with van der Waals surface area (Å²) in [6, 6.07) is 10.7. The van der Waals surface area contributed by atoms with Gasteiger partial charge in [0.2, 0.25) is 0 Å². The molecule has 1 aliphatic heterocycles. The van der Waals surface area contributed by atoms with Crippen LogP contribution in [0.15, 0.2) is 30.3 Å². The van der Waals surface area contributed by atoms with Gasteiger partial charge in [-0.1, -0.05) is 30.3 Å². The van der Waals surface area contributed by atoms with Gasteiger partial charge in [-0.25, -0.2) is 0 Å². The van der Waals surface area contributed by atoms with Gasteiger partial charge in [0, 0.05) is 45.0 Å². The van der Waals surface area contributed by atoms with Gasteiger partial charge in [-0.15, -0.1) is 0 Å². The normalized spacial score (nSPS) is 17.7. The molecule has 0 spiro atoms. The maximum atomic E-state index is 5.48. The lowest BCUT2D eigenvalue weighted by Crippen LogP contribution is -2.46. The van der Waals surface area contributed by atoms with Gasteiger partial charge in [0.1, 0.15) is 0 Å². The van der Waals surface area contributed by atoms with Gasteiger partial charge in [0.15, 0.2) is 0 Å². The average molecular weight is 280 g/mol. The van der Waals surface area contributed by atoms with Crippen molar-refractivity contribution in [1.82, 2.24) is 9.80 Å². The van der Waals surface area contributed by atoms with E-state index in [2.05, 4.69) is 52.8 Å². The largest absolute Gasteiger partial charge is 0.379 e. The Morgan fingerprint density at radius 1 is 0.947 bits per heavy atom. The van der Waals surface area contributed by atoms with E-state index in [9.17, 15) is 0 Å². The lowest BCUT2D eigenvalue weighted by Gasteiger charge is -2.34. The van der Waals surface area contributed by atoms with Crippen LogP contribution in [0.2, 0.25) is 0 Å². The predicted octanol–water partition coefficient (Wildman–Crippen LogP) is 1.75. The molecule has 3 nitrogen and oxygen atoms in total. The third-order valence-electron chi connectivity index (χ3n) is 3.50. The van der Waals surface area contributed by atoms with Crippen LogP contribution in [0.3, 0.4) is 0 Å². The van der Waals surface area contributed by atoms with E-state index in [1.807, 2.05) is 0 Å². The zero-order valence-corrected chi connectivity index (χ0v) is 12.4. The van der Waals surface area contributed by atoms with Crippen molar-refractivity contribution in [3.05, 3.63) is 35.9 Å². The molecule has 0 amide bonds. The van der Waals surface area contributed by atoms with Gasteiger partial charge < -0.3 is 4.74 Å². The van der Waals surface area contributed by atoms with Gasteiger partial charge in [0.05, 0.1) is 13.2 Å². The predicted molar refractivity (Wildman–Crippen MR) is 82.8 cm³/mol. The molecule has 4 heteroatoms. The highest BCUT2D eigenvalue weighted by Gasteiger charge is 2.16. The Kier molecular flexibility index (Phi) is 6.71. The van der Waals surface area contributed by atoms with Crippen molar-refractivity contribution in [2.75, 3.05) is 51.7 Å². The van der Waals surface area contributed by atoms with Gasteiger partial charge in [0.25, 0.3) is 0 Å².